The van der Waals surface area contributed by atoms with E-state index in [4.69, 9.17) is 14.2 Å². The summed E-state index contributed by atoms with van der Waals surface area (Å²) in [6.45, 7) is 2.36. The number of carbonyl (C=O) groups is 2. The molecule has 0 fully saturated rings. The van der Waals surface area contributed by atoms with Crippen molar-refractivity contribution in [1.29, 1.82) is 0 Å². The highest BCUT2D eigenvalue weighted by Gasteiger charge is 2.24. The van der Waals surface area contributed by atoms with Crippen LogP contribution < -0.4 is 14.8 Å². The second-order valence-electron chi connectivity index (χ2n) is 6.38. The maximum Gasteiger partial charge on any atom is 0.345 e. The number of hydrogen-bond donors (Lipinski definition) is 1. The zero-order chi connectivity index (χ0) is 20.8. The summed E-state index contributed by atoms with van der Waals surface area (Å²) in [6, 6.07) is 9.91. The van der Waals surface area contributed by atoms with Crippen LogP contribution in [0.1, 0.15) is 21.5 Å². The first kappa shape index (κ1) is 20.1. The van der Waals surface area contributed by atoms with Crippen LogP contribution in [0.4, 0.5) is 5.69 Å². The van der Waals surface area contributed by atoms with Crippen LogP contribution >= 0.6 is 0 Å². The highest BCUT2D eigenvalue weighted by Crippen LogP contribution is 2.30. The molecule has 0 aliphatic carbocycles. The van der Waals surface area contributed by atoms with E-state index in [1.54, 1.807) is 0 Å². The minimum Gasteiger partial charge on any atom is -0.486 e. The first-order valence-electron chi connectivity index (χ1n) is 9.02. The van der Waals surface area contributed by atoms with E-state index >= 15 is 0 Å². The van der Waals surface area contributed by atoms with E-state index in [9.17, 15) is 19.7 Å². The summed E-state index contributed by atoms with van der Waals surface area (Å²) < 4.78 is 15.9. The first-order valence-corrected chi connectivity index (χ1v) is 9.02. The Hall–Kier alpha value is -3.62. The molecule has 1 N–H and O–H groups in total. The quantitative estimate of drug-likeness (QED) is 0.430. The molecule has 3 rings (SSSR count). The summed E-state index contributed by atoms with van der Waals surface area (Å²) in [5.41, 5.74) is 0.797. The van der Waals surface area contributed by atoms with Crippen LogP contribution in [0.5, 0.6) is 11.5 Å². The lowest BCUT2D eigenvalue weighted by molar-refractivity contribution is -0.385. The summed E-state index contributed by atoms with van der Waals surface area (Å²) in [7, 11) is 0. The number of aryl methyl sites for hydroxylation is 1. The predicted molar refractivity (Wildman–Crippen MR) is 102 cm³/mol. The molecule has 0 saturated carbocycles. The molecule has 0 saturated heterocycles. The zero-order valence-corrected chi connectivity index (χ0v) is 15.8. The van der Waals surface area contributed by atoms with Crippen LogP contribution in [0.25, 0.3) is 0 Å². The standard InChI is InChI=1S/C20H20N2O7/c1-13-3-2-4-15(19(13)22(25)26)20(24)29-12-18(23)21-8-7-14-5-6-16-17(11-14)28-10-9-27-16/h2-6,11H,7-10,12H2,1H3,(H,21,23). The molecular formula is C20H20N2O7. The Morgan fingerprint density at radius 3 is 2.69 bits per heavy atom. The molecule has 1 heterocycles. The molecular weight excluding hydrogens is 380 g/mol. The summed E-state index contributed by atoms with van der Waals surface area (Å²) in [5, 5.41) is 13.8. The van der Waals surface area contributed by atoms with Crippen LogP contribution in [0.15, 0.2) is 36.4 Å². The molecule has 1 aliphatic rings. The molecule has 0 bridgehead atoms. The SMILES string of the molecule is Cc1cccc(C(=O)OCC(=O)NCCc2ccc3c(c2)OCCO3)c1[N+](=O)[O-]. The van der Waals surface area contributed by atoms with Gasteiger partial charge in [0.25, 0.3) is 11.6 Å². The number of carbonyl (C=O) groups excluding carboxylic acids is 2. The normalized spacial score (nSPS) is 12.2. The highest BCUT2D eigenvalue weighted by atomic mass is 16.6. The molecule has 0 spiro atoms. The smallest absolute Gasteiger partial charge is 0.345 e. The number of nitrogens with zero attached hydrogens (tertiary/aromatic N) is 1. The van der Waals surface area contributed by atoms with Gasteiger partial charge in [-0.05, 0) is 37.1 Å². The lowest BCUT2D eigenvalue weighted by atomic mass is 10.1. The van der Waals surface area contributed by atoms with E-state index < -0.39 is 23.4 Å². The van der Waals surface area contributed by atoms with E-state index in [2.05, 4.69) is 5.32 Å². The molecule has 152 valence electrons. The molecule has 2 aromatic carbocycles. The lowest BCUT2D eigenvalue weighted by Gasteiger charge is -2.18. The number of nitro benzene ring substituents is 1. The number of ether oxygens (including phenoxy) is 3. The number of fused-ring (bicyclic) bond motifs is 1. The first-order chi connectivity index (χ1) is 14.0. The van der Waals surface area contributed by atoms with Crippen molar-refractivity contribution in [1.82, 2.24) is 5.32 Å². The number of rotatable bonds is 7. The number of nitro groups is 1. The molecule has 9 heteroatoms. The van der Waals surface area contributed by atoms with Crippen LogP contribution in [-0.4, -0.2) is 43.2 Å². The van der Waals surface area contributed by atoms with Gasteiger partial charge in [-0.1, -0.05) is 18.2 Å². The van der Waals surface area contributed by atoms with E-state index in [0.29, 0.717) is 43.2 Å². The van der Waals surface area contributed by atoms with Crippen molar-refractivity contribution in [3.63, 3.8) is 0 Å². The summed E-state index contributed by atoms with van der Waals surface area (Å²) in [4.78, 5) is 34.6. The van der Waals surface area contributed by atoms with Crippen LogP contribution in [0.2, 0.25) is 0 Å². The maximum absolute atomic E-state index is 12.1. The van der Waals surface area contributed by atoms with E-state index in [1.807, 2.05) is 18.2 Å². The fourth-order valence-corrected chi connectivity index (χ4v) is 2.92. The second kappa shape index (κ2) is 9.05. The second-order valence-corrected chi connectivity index (χ2v) is 6.38. The topological polar surface area (TPSA) is 117 Å². The third-order valence-electron chi connectivity index (χ3n) is 4.32. The van der Waals surface area contributed by atoms with Gasteiger partial charge in [0.15, 0.2) is 18.1 Å². The number of nitrogens with one attached hydrogen (secondary N) is 1. The summed E-state index contributed by atoms with van der Waals surface area (Å²) in [6.07, 6.45) is 0.555. The fraction of sp³-hybridized carbons (Fsp3) is 0.300. The van der Waals surface area contributed by atoms with Crippen LogP contribution in [-0.2, 0) is 16.0 Å². The monoisotopic (exact) mass is 400 g/mol. The third kappa shape index (κ3) is 5.01. The molecule has 1 amide bonds. The van der Waals surface area contributed by atoms with Crippen molar-refractivity contribution in [3.05, 3.63) is 63.2 Å². The van der Waals surface area contributed by atoms with Gasteiger partial charge in [0.05, 0.1) is 4.92 Å². The molecule has 29 heavy (non-hydrogen) atoms. The Kier molecular flexibility index (Phi) is 6.28. The van der Waals surface area contributed by atoms with Crippen molar-refractivity contribution in [2.75, 3.05) is 26.4 Å². The van der Waals surface area contributed by atoms with Gasteiger partial charge >= 0.3 is 5.97 Å². The molecule has 0 radical (unpaired) electrons. The maximum atomic E-state index is 12.1. The average Bonchev–Trinajstić information content (AvgIpc) is 2.71. The van der Waals surface area contributed by atoms with E-state index in [-0.39, 0.29) is 11.3 Å². The Bertz CT molecular complexity index is 942. The number of esters is 1. The Balaban J connectivity index is 1.47. The Morgan fingerprint density at radius 2 is 1.93 bits per heavy atom. The van der Waals surface area contributed by atoms with Gasteiger partial charge in [0.1, 0.15) is 18.8 Å². The zero-order valence-electron chi connectivity index (χ0n) is 15.8. The fourth-order valence-electron chi connectivity index (χ4n) is 2.92. The largest absolute Gasteiger partial charge is 0.486 e. The van der Waals surface area contributed by atoms with Crippen molar-refractivity contribution >= 4 is 17.6 Å². The predicted octanol–water partition coefficient (Wildman–Crippen LogP) is 2.19. The number of para-hydroxylation sites is 1. The molecule has 0 unspecified atom stereocenters. The minimum absolute atomic E-state index is 0.181. The summed E-state index contributed by atoms with van der Waals surface area (Å²) >= 11 is 0. The number of amides is 1. The van der Waals surface area contributed by atoms with Gasteiger partial charge in [0.2, 0.25) is 0 Å². The van der Waals surface area contributed by atoms with E-state index in [1.165, 1.54) is 25.1 Å². The highest BCUT2D eigenvalue weighted by molar-refractivity contribution is 5.95. The van der Waals surface area contributed by atoms with Gasteiger partial charge < -0.3 is 19.5 Å². The van der Waals surface area contributed by atoms with Gasteiger partial charge in [-0.3, -0.25) is 14.9 Å². The van der Waals surface area contributed by atoms with Gasteiger partial charge in [0, 0.05) is 12.1 Å². The Labute approximate surface area is 166 Å². The van der Waals surface area contributed by atoms with Crippen molar-refractivity contribution in [2.24, 2.45) is 0 Å². The van der Waals surface area contributed by atoms with Crippen molar-refractivity contribution in [3.8, 4) is 11.5 Å². The third-order valence-corrected chi connectivity index (χ3v) is 4.32. The minimum atomic E-state index is -0.914. The molecule has 1 aliphatic heterocycles. The van der Waals surface area contributed by atoms with Crippen LogP contribution in [0, 0.1) is 17.0 Å². The lowest BCUT2D eigenvalue weighted by Crippen LogP contribution is -2.30. The van der Waals surface area contributed by atoms with Gasteiger partial charge in [-0.15, -0.1) is 0 Å². The molecule has 2 aromatic rings. The number of hydrogen-bond acceptors (Lipinski definition) is 7. The summed E-state index contributed by atoms with van der Waals surface area (Å²) in [5.74, 6) is -0.0384. The van der Waals surface area contributed by atoms with Gasteiger partial charge in [-0.2, -0.15) is 0 Å². The number of benzene rings is 2. The van der Waals surface area contributed by atoms with Crippen molar-refractivity contribution < 1.29 is 28.7 Å². The van der Waals surface area contributed by atoms with Crippen molar-refractivity contribution in [2.45, 2.75) is 13.3 Å². The van der Waals surface area contributed by atoms with E-state index in [0.717, 1.165) is 5.56 Å². The molecule has 0 atom stereocenters. The molecule has 0 aromatic heterocycles. The average molecular weight is 400 g/mol. The molecule has 9 nitrogen and oxygen atoms in total. The van der Waals surface area contributed by atoms with Crippen LogP contribution in [0.3, 0.4) is 0 Å². The van der Waals surface area contributed by atoms with Gasteiger partial charge in [-0.25, -0.2) is 4.79 Å². The Morgan fingerprint density at radius 1 is 1.17 bits per heavy atom.